The van der Waals surface area contributed by atoms with Crippen molar-refractivity contribution in [2.24, 2.45) is 0 Å². The lowest BCUT2D eigenvalue weighted by Gasteiger charge is -2.19. The van der Waals surface area contributed by atoms with Crippen molar-refractivity contribution in [2.75, 3.05) is 0 Å². The second kappa shape index (κ2) is 6.71. The van der Waals surface area contributed by atoms with Crippen LogP contribution < -0.4 is 0 Å². The van der Waals surface area contributed by atoms with Crippen molar-refractivity contribution in [1.82, 2.24) is 0 Å². The van der Waals surface area contributed by atoms with Crippen molar-refractivity contribution < 1.29 is 0 Å². The number of rotatable bonds is 5. The smallest absolute Gasteiger partial charge is 0.0743 e. The molecule has 0 aliphatic carbocycles. The highest BCUT2D eigenvalue weighted by Crippen LogP contribution is 2.38. The van der Waals surface area contributed by atoms with Crippen molar-refractivity contribution >= 4 is 27.3 Å². The molecule has 0 N–H and O–H groups in total. The summed E-state index contributed by atoms with van der Waals surface area (Å²) in [5, 5.41) is 2.15. The molecule has 0 bridgehead atoms. The molecule has 0 amide bonds. The van der Waals surface area contributed by atoms with Gasteiger partial charge in [-0.25, -0.2) is 0 Å². The van der Waals surface area contributed by atoms with Gasteiger partial charge in [-0.2, -0.15) is 0 Å². The van der Waals surface area contributed by atoms with Gasteiger partial charge < -0.3 is 0 Å². The minimum atomic E-state index is 0.336. The van der Waals surface area contributed by atoms with Gasteiger partial charge in [-0.15, -0.1) is 11.3 Å². The van der Waals surface area contributed by atoms with Crippen LogP contribution in [-0.4, -0.2) is 0 Å². The third-order valence-corrected chi connectivity index (χ3v) is 5.82. The summed E-state index contributed by atoms with van der Waals surface area (Å²) >= 11 is 5.74. The molecular weight excluding hydrogens is 316 g/mol. The molecule has 102 valence electrons. The van der Waals surface area contributed by atoms with Gasteiger partial charge in [-0.05, 0) is 53.0 Å². The number of thiophene rings is 1. The number of benzene rings is 1. The fourth-order valence-corrected chi connectivity index (χ4v) is 4.32. The van der Waals surface area contributed by atoms with Crippen molar-refractivity contribution in [3.63, 3.8) is 0 Å². The average Bonchev–Trinajstić information content (AvgIpc) is 2.99. The Kier molecular flexibility index (Phi) is 5.23. The van der Waals surface area contributed by atoms with E-state index in [0.717, 1.165) is 19.3 Å². The van der Waals surface area contributed by atoms with Crippen molar-refractivity contribution in [3.05, 3.63) is 56.8 Å². The molecule has 19 heavy (non-hydrogen) atoms. The van der Waals surface area contributed by atoms with E-state index in [-0.39, 0.29) is 0 Å². The molecule has 1 aromatic heterocycles. The zero-order chi connectivity index (χ0) is 13.8. The zero-order valence-electron chi connectivity index (χ0n) is 11.9. The predicted octanol–water partition coefficient (Wildman–Crippen LogP) is 5.92. The molecule has 0 fully saturated rings. The van der Waals surface area contributed by atoms with Crippen LogP contribution in [0, 0.1) is 0 Å². The van der Waals surface area contributed by atoms with Gasteiger partial charge in [0, 0.05) is 4.88 Å². The van der Waals surface area contributed by atoms with Crippen LogP contribution in [0.1, 0.15) is 52.7 Å². The predicted molar refractivity (Wildman–Crippen MR) is 89.7 cm³/mol. The summed E-state index contributed by atoms with van der Waals surface area (Å²) in [7, 11) is 0. The van der Waals surface area contributed by atoms with Crippen LogP contribution in [0.2, 0.25) is 0 Å². The van der Waals surface area contributed by atoms with E-state index in [1.54, 1.807) is 0 Å². The van der Waals surface area contributed by atoms with E-state index in [9.17, 15) is 0 Å². The molecule has 1 aromatic carbocycles. The summed E-state index contributed by atoms with van der Waals surface area (Å²) in [4.78, 5) is 1.73. The fraction of sp³-hybridized carbons (Fsp3) is 0.412. The first-order valence-corrected chi connectivity index (χ1v) is 8.82. The molecule has 0 radical (unpaired) electrons. The topological polar surface area (TPSA) is 0 Å². The molecule has 2 aromatic rings. The van der Waals surface area contributed by atoms with Crippen LogP contribution in [0.15, 0.2) is 29.6 Å². The van der Waals surface area contributed by atoms with Gasteiger partial charge >= 0.3 is 0 Å². The van der Waals surface area contributed by atoms with Gasteiger partial charge in [0.25, 0.3) is 0 Å². The van der Waals surface area contributed by atoms with E-state index in [1.807, 2.05) is 11.3 Å². The second-order valence-corrected chi connectivity index (χ2v) is 6.66. The Hall–Kier alpha value is -0.600. The molecule has 0 aliphatic rings. The van der Waals surface area contributed by atoms with E-state index in [4.69, 9.17) is 0 Å². The third-order valence-electron chi connectivity index (χ3n) is 3.63. The maximum absolute atomic E-state index is 3.91. The quantitative estimate of drug-likeness (QED) is 0.594. The van der Waals surface area contributed by atoms with Crippen molar-refractivity contribution in [2.45, 2.75) is 44.9 Å². The summed E-state index contributed by atoms with van der Waals surface area (Å²) in [6.07, 6.45) is 3.32. The molecular formula is C17H21BrS. The van der Waals surface area contributed by atoms with Crippen LogP contribution in [0.5, 0.6) is 0 Å². The molecule has 0 saturated heterocycles. The van der Waals surface area contributed by atoms with Crippen LogP contribution in [0.3, 0.4) is 0 Å². The van der Waals surface area contributed by atoms with Gasteiger partial charge in [0.05, 0.1) is 4.83 Å². The molecule has 0 spiro atoms. The SMILES string of the molecule is CCc1cc(CC)c(C(Br)c2cccs2)c(CC)c1. The molecule has 1 unspecified atom stereocenters. The summed E-state index contributed by atoms with van der Waals surface area (Å²) in [5.74, 6) is 0. The van der Waals surface area contributed by atoms with Crippen LogP contribution in [-0.2, 0) is 19.3 Å². The van der Waals surface area contributed by atoms with E-state index >= 15 is 0 Å². The van der Waals surface area contributed by atoms with Gasteiger partial charge in [0.15, 0.2) is 0 Å². The van der Waals surface area contributed by atoms with Crippen LogP contribution in [0.25, 0.3) is 0 Å². The summed E-state index contributed by atoms with van der Waals surface area (Å²) < 4.78 is 0. The highest BCUT2D eigenvalue weighted by Gasteiger charge is 2.18. The Bertz CT molecular complexity index is 503. The normalized spacial score (nSPS) is 12.6. The molecule has 2 rings (SSSR count). The first-order chi connectivity index (χ1) is 9.21. The standard InChI is InChI=1S/C17H21BrS/c1-4-12-10-13(5-2)16(14(6-3)11-12)17(18)15-8-7-9-19-15/h7-11,17H,4-6H2,1-3H3. The Morgan fingerprint density at radius 2 is 1.68 bits per heavy atom. The summed E-state index contributed by atoms with van der Waals surface area (Å²) in [6.45, 7) is 6.75. The highest BCUT2D eigenvalue weighted by atomic mass is 79.9. The highest BCUT2D eigenvalue weighted by molar-refractivity contribution is 9.09. The van der Waals surface area contributed by atoms with Gasteiger partial charge in [-0.1, -0.05) is 54.9 Å². The van der Waals surface area contributed by atoms with E-state index in [2.05, 4.69) is 66.3 Å². The van der Waals surface area contributed by atoms with Crippen molar-refractivity contribution in [3.8, 4) is 0 Å². The number of halogens is 1. The Morgan fingerprint density at radius 1 is 1.05 bits per heavy atom. The Morgan fingerprint density at radius 3 is 2.11 bits per heavy atom. The van der Waals surface area contributed by atoms with Crippen LogP contribution in [0.4, 0.5) is 0 Å². The zero-order valence-corrected chi connectivity index (χ0v) is 14.3. The van der Waals surface area contributed by atoms with E-state index in [0.29, 0.717) is 4.83 Å². The Labute approximate surface area is 129 Å². The minimum absolute atomic E-state index is 0.336. The number of alkyl halides is 1. The summed E-state index contributed by atoms with van der Waals surface area (Å²) in [5.41, 5.74) is 5.94. The van der Waals surface area contributed by atoms with Crippen LogP contribution >= 0.6 is 27.3 Å². The molecule has 0 nitrogen and oxygen atoms in total. The van der Waals surface area contributed by atoms with Gasteiger partial charge in [0.2, 0.25) is 0 Å². The maximum atomic E-state index is 3.91. The summed E-state index contributed by atoms with van der Waals surface area (Å²) in [6, 6.07) is 9.12. The third kappa shape index (κ3) is 3.11. The van der Waals surface area contributed by atoms with E-state index < -0.39 is 0 Å². The average molecular weight is 337 g/mol. The largest absolute Gasteiger partial charge is 0.147 e. The maximum Gasteiger partial charge on any atom is 0.0743 e. The lowest BCUT2D eigenvalue weighted by atomic mass is 9.91. The first-order valence-electron chi connectivity index (χ1n) is 7.03. The second-order valence-electron chi connectivity index (χ2n) is 4.77. The molecule has 0 saturated carbocycles. The fourth-order valence-electron chi connectivity index (χ4n) is 2.54. The molecule has 1 atom stereocenters. The van der Waals surface area contributed by atoms with Gasteiger partial charge in [0.1, 0.15) is 0 Å². The first kappa shape index (κ1) is 14.8. The van der Waals surface area contributed by atoms with Crippen molar-refractivity contribution in [1.29, 1.82) is 0 Å². The number of hydrogen-bond donors (Lipinski definition) is 0. The lowest BCUT2D eigenvalue weighted by molar-refractivity contribution is 0.981. The minimum Gasteiger partial charge on any atom is -0.147 e. The monoisotopic (exact) mass is 336 g/mol. The van der Waals surface area contributed by atoms with Gasteiger partial charge in [-0.3, -0.25) is 0 Å². The lowest BCUT2D eigenvalue weighted by Crippen LogP contribution is -2.04. The van der Waals surface area contributed by atoms with E-state index in [1.165, 1.54) is 27.1 Å². The molecule has 1 heterocycles. The number of hydrogen-bond acceptors (Lipinski definition) is 1. The molecule has 0 aliphatic heterocycles. The molecule has 2 heteroatoms. The number of aryl methyl sites for hydroxylation is 3. The Balaban J connectivity index is 2.54.